The minimum absolute atomic E-state index is 0.00367. The van der Waals surface area contributed by atoms with Crippen LogP contribution in [0.2, 0.25) is 0 Å². The van der Waals surface area contributed by atoms with E-state index < -0.39 is 0 Å². The summed E-state index contributed by atoms with van der Waals surface area (Å²) < 4.78 is 1.95. The fourth-order valence-electron chi connectivity index (χ4n) is 3.47. The van der Waals surface area contributed by atoms with Crippen molar-refractivity contribution in [3.63, 3.8) is 0 Å². The van der Waals surface area contributed by atoms with Gasteiger partial charge in [-0.2, -0.15) is 4.57 Å². The Morgan fingerprint density at radius 2 is 1.73 bits per heavy atom. The molecule has 1 N–H and O–H groups in total. The van der Waals surface area contributed by atoms with E-state index in [1.807, 2.05) is 36.0 Å². The Labute approximate surface area is 156 Å². The van der Waals surface area contributed by atoms with Crippen LogP contribution in [-0.4, -0.2) is 19.0 Å². The van der Waals surface area contributed by atoms with Crippen molar-refractivity contribution in [1.82, 2.24) is 0 Å². The molecule has 2 heterocycles. The molecule has 138 valence electrons. The summed E-state index contributed by atoms with van der Waals surface area (Å²) in [5.41, 5.74) is 3.41. The van der Waals surface area contributed by atoms with Gasteiger partial charge in [-0.3, -0.25) is 4.79 Å². The maximum atomic E-state index is 12.6. The summed E-state index contributed by atoms with van der Waals surface area (Å²) in [6.07, 6.45) is 10.1. The number of carbonyl (C=O) groups excluding carboxylic acids is 1. The van der Waals surface area contributed by atoms with Crippen molar-refractivity contribution in [2.24, 2.45) is 0 Å². The highest BCUT2D eigenvalue weighted by Crippen LogP contribution is 2.22. The van der Waals surface area contributed by atoms with E-state index in [2.05, 4.69) is 41.4 Å². The van der Waals surface area contributed by atoms with Crippen LogP contribution in [0.3, 0.4) is 0 Å². The Kier molecular flexibility index (Phi) is 6.26. The molecule has 1 aliphatic heterocycles. The molecule has 26 heavy (non-hydrogen) atoms. The highest BCUT2D eigenvalue weighted by molar-refractivity contribution is 5.92. The molecule has 0 radical (unpaired) electrons. The van der Waals surface area contributed by atoms with Gasteiger partial charge in [0, 0.05) is 43.5 Å². The van der Waals surface area contributed by atoms with Gasteiger partial charge in [-0.15, -0.1) is 0 Å². The fourth-order valence-corrected chi connectivity index (χ4v) is 3.47. The number of aryl methyl sites for hydroxylation is 1. The Hall–Kier alpha value is -2.36. The van der Waals surface area contributed by atoms with Crippen LogP contribution >= 0.6 is 0 Å². The van der Waals surface area contributed by atoms with Crippen molar-refractivity contribution in [3.8, 4) is 0 Å². The summed E-state index contributed by atoms with van der Waals surface area (Å²) in [5, 5.41) is 3.03. The lowest BCUT2D eigenvalue weighted by Crippen LogP contribution is -2.44. The number of rotatable bonds is 6. The number of hydrogen-bond acceptors (Lipinski definition) is 2. The monoisotopic (exact) mass is 352 g/mol. The van der Waals surface area contributed by atoms with Gasteiger partial charge >= 0.3 is 0 Å². The smallest absolute Gasteiger partial charge is 0.293 e. The zero-order valence-electron chi connectivity index (χ0n) is 15.9. The first-order valence-electron chi connectivity index (χ1n) is 9.83. The SMILES string of the molecule is CCCc1cc[n+]([C@H](C)C(=O)Nc2ccc(N3CCCCC3)cc2)cc1. The first-order chi connectivity index (χ1) is 12.7. The molecule has 0 spiro atoms. The second-order valence-electron chi connectivity index (χ2n) is 7.16. The average Bonchev–Trinajstić information content (AvgIpc) is 2.69. The van der Waals surface area contributed by atoms with Crippen LogP contribution in [0, 0.1) is 0 Å². The fraction of sp³-hybridized carbons (Fsp3) is 0.455. The molecule has 0 bridgehead atoms. The maximum Gasteiger partial charge on any atom is 0.293 e. The normalized spacial score (nSPS) is 15.5. The number of amides is 1. The van der Waals surface area contributed by atoms with E-state index in [4.69, 9.17) is 0 Å². The molecule has 0 aliphatic carbocycles. The third-order valence-corrected chi connectivity index (χ3v) is 5.14. The average molecular weight is 353 g/mol. The molecule has 1 amide bonds. The van der Waals surface area contributed by atoms with Gasteiger partial charge in [0.15, 0.2) is 12.4 Å². The molecule has 1 fully saturated rings. The van der Waals surface area contributed by atoms with E-state index in [0.29, 0.717) is 0 Å². The van der Waals surface area contributed by atoms with Gasteiger partial charge in [-0.1, -0.05) is 13.3 Å². The molecule has 1 aromatic carbocycles. The quantitative estimate of drug-likeness (QED) is 0.794. The largest absolute Gasteiger partial charge is 0.372 e. The predicted octanol–water partition coefficient (Wildman–Crippen LogP) is 4.12. The number of carbonyl (C=O) groups is 1. The standard InChI is InChI=1S/C22H29N3O/c1-3-7-19-12-16-24(17-13-19)18(2)22(26)23-20-8-10-21(11-9-20)25-14-5-4-6-15-25/h8-13,16-18H,3-7,14-15H2,1-2H3/p+1/t18-/m1/s1. The third-order valence-electron chi connectivity index (χ3n) is 5.14. The number of pyridine rings is 1. The van der Waals surface area contributed by atoms with Crippen LogP contribution in [0.15, 0.2) is 48.8 Å². The van der Waals surface area contributed by atoms with Crippen molar-refractivity contribution in [1.29, 1.82) is 0 Å². The summed E-state index contributed by atoms with van der Waals surface area (Å²) in [4.78, 5) is 15.0. The van der Waals surface area contributed by atoms with Crippen molar-refractivity contribution in [3.05, 3.63) is 54.4 Å². The van der Waals surface area contributed by atoms with E-state index in [1.54, 1.807) is 0 Å². The molecule has 1 aliphatic rings. The number of nitrogens with zero attached hydrogens (tertiary/aromatic N) is 2. The van der Waals surface area contributed by atoms with Crippen molar-refractivity contribution in [2.45, 2.75) is 52.0 Å². The summed E-state index contributed by atoms with van der Waals surface area (Å²) in [6, 6.07) is 12.2. The molecular formula is C22H30N3O+. The minimum Gasteiger partial charge on any atom is -0.372 e. The Balaban J connectivity index is 1.59. The second kappa shape index (κ2) is 8.84. The highest BCUT2D eigenvalue weighted by Gasteiger charge is 2.22. The topological polar surface area (TPSA) is 36.2 Å². The number of piperidine rings is 1. The zero-order valence-corrected chi connectivity index (χ0v) is 15.9. The molecule has 0 unspecified atom stereocenters. The third kappa shape index (κ3) is 4.63. The van der Waals surface area contributed by atoms with Crippen LogP contribution in [-0.2, 0) is 11.2 Å². The summed E-state index contributed by atoms with van der Waals surface area (Å²) >= 11 is 0. The van der Waals surface area contributed by atoms with Gasteiger partial charge in [-0.25, -0.2) is 0 Å². The van der Waals surface area contributed by atoms with Crippen molar-refractivity contribution in [2.75, 3.05) is 23.3 Å². The molecule has 0 saturated carbocycles. The molecule has 1 atom stereocenters. The van der Waals surface area contributed by atoms with E-state index in [9.17, 15) is 4.79 Å². The minimum atomic E-state index is -0.243. The van der Waals surface area contributed by atoms with Crippen LogP contribution in [0.4, 0.5) is 11.4 Å². The van der Waals surface area contributed by atoms with Crippen LogP contribution in [0.5, 0.6) is 0 Å². The zero-order chi connectivity index (χ0) is 18.4. The van der Waals surface area contributed by atoms with Crippen molar-refractivity contribution < 1.29 is 9.36 Å². The van der Waals surface area contributed by atoms with Gasteiger partial charge in [0.05, 0.1) is 0 Å². The van der Waals surface area contributed by atoms with E-state index in [-0.39, 0.29) is 11.9 Å². The number of nitrogens with one attached hydrogen (secondary N) is 1. The number of hydrogen-bond donors (Lipinski definition) is 1. The van der Waals surface area contributed by atoms with Crippen molar-refractivity contribution >= 4 is 17.3 Å². The highest BCUT2D eigenvalue weighted by atomic mass is 16.2. The number of aromatic nitrogens is 1. The lowest BCUT2D eigenvalue weighted by atomic mass is 10.1. The summed E-state index contributed by atoms with van der Waals surface area (Å²) in [6.45, 7) is 6.37. The summed E-state index contributed by atoms with van der Waals surface area (Å²) in [7, 11) is 0. The predicted molar refractivity (Wildman–Crippen MR) is 106 cm³/mol. The van der Waals surface area contributed by atoms with Crippen LogP contribution < -0.4 is 14.8 Å². The lowest BCUT2D eigenvalue weighted by molar-refractivity contribution is -0.705. The van der Waals surface area contributed by atoms with E-state index >= 15 is 0 Å². The van der Waals surface area contributed by atoms with Gasteiger partial charge in [-0.05, 0) is 55.5 Å². The summed E-state index contributed by atoms with van der Waals surface area (Å²) in [5.74, 6) is 0.00367. The lowest BCUT2D eigenvalue weighted by Gasteiger charge is -2.28. The molecule has 1 aromatic heterocycles. The molecule has 1 saturated heterocycles. The second-order valence-corrected chi connectivity index (χ2v) is 7.16. The molecule has 3 rings (SSSR count). The Morgan fingerprint density at radius 1 is 1.08 bits per heavy atom. The molecular weight excluding hydrogens is 322 g/mol. The maximum absolute atomic E-state index is 12.6. The van der Waals surface area contributed by atoms with Crippen LogP contribution in [0.25, 0.3) is 0 Å². The van der Waals surface area contributed by atoms with E-state index in [0.717, 1.165) is 31.6 Å². The first-order valence-corrected chi connectivity index (χ1v) is 9.83. The molecule has 2 aromatic rings. The van der Waals surface area contributed by atoms with Crippen LogP contribution in [0.1, 0.15) is 51.1 Å². The Bertz CT molecular complexity index is 703. The van der Waals surface area contributed by atoms with Gasteiger partial charge in [0.2, 0.25) is 6.04 Å². The van der Waals surface area contributed by atoms with Gasteiger partial charge in [0.1, 0.15) is 0 Å². The van der Waals surface area contributed by atoms with Gasteiger partial charge in [0.25, 0.3) is 5.91 Å². The number of anilines is 2. The molecule has 4 heteroatoms. The Morgan fingerprint density at radius 3 is 2.35 bits per heavy atom. The van der Waals surface area contributed by atoms with E-state index in [1.165, 1.54) is 30.5 Å². The number of benzene rings is 1. The first kappa shape index (κ1) is 18.4. The van der Waals surface area contributed by atoms with Gasteiger partial charge < -0.3 is 10.2 Å². The molecule has 4 nitrogen and oxygen atoms in total.